The fourth-order valence-corrected chi connectivity index (χ4v) is 1.67. The van der Waals surface area contributed by atoms with E-state index in [0.29, 0.717) is 24.7 Å². The highest BCUT2D eigenvalue weighted by Gasteiger charge is 2.27. The molecule has 0 bridgehead atoms. The number of nitrogens with zero attached hydrogens (tertiary/aromatic N) is 3. The predicted octanol–water partition coefficient (Wildman–Crippen LogP) is 0.449. The molecule has 1 aliphatic heterocycles. The van der Waals surface area contributed by atoms with Crippen LogP contribution in [0.25, 0.3) is 0 Å². The lowest BCUT2D eigenvalue weighted by atomic mass is 10.2. The molecule has 1 aromatic heterocycles. The Hall–Kier alpha value is -1.85. The van der Waals surface area contributed by atoms with Crippen LogP contribution in [0.3, 0.4) is 0 Å². The Morgan fingerprint density at radius 3 is 2.87 bits per heavy atom. The Bertz CT molecular complexity index is 419. The number of hydrogen-bond donors (Lipinski definition) is 1. The summed E-state index contributed by atoms with van der Waals surface area (Å²) in [6, 6.07) is 0. The van der Waals surface area contributed by atoms with Gasteiger partial charge in [-0.2, -0.15) is 0 Å². The highest BCUT2D eigenvalue weighted by molar-refractivity contribution is 5.69. The van der Waals surface area contributed by atoms with E-state index >= 15 is 0 Å². The lowest BCUT2D eigenvalue weighted by Crippen LogP contribution is -2.25. The van der Waals surface area contributed by atoms with Crippen molar-refractivity contribution >= 4 is 11.9 Å². The first-order chi connectivity index (χ1) is 7.11. The molecule has 2 rings (SSSR count). The summed E-state index contributed by atoms with van der Waals surface area (Å²) in [4.78, 5) is 21.1. The standard InChI is InChI=1S/C9H12N4O2/c1-5-11-7-4-13(9(14)15-2)3-6(7)8(10)12-5/h3-4H2,1-2H3,(H2,10,11,12). The number of aromatic nitrogens is 2. The second-order valence-corrected chi connectivity index (χ2v) is 3.41. The number of rotatable bonds is 0. The van der Waals surface area contributed by atoms with E-state index in [2.05, 4.69) is 14.7 Å². The average Bonchev–Trinajstić information content (AvgIpc) is 2.60. The fraction of sp³-hybridized carbons (Fsp3) is 0.444. The Morgan fingerprint density at radius 1 is 1.47 bits per heavy atom. The summed E-state index contributed by atoms with van der Waals surface area (Å²) in [6.45, 7) is 2.64. The minimum atomic E-state index is -0.370. The van der Waals surface area contributed by atoms with Gasteiger partial charge in [-0.1, -0.05) is 0 Å². The average molecular weight is 208 g/mol. The molecular formula is C9H12N4O2. The molecule has 0 spiro atoms. The van der Waals surface area contributed by atoms with Gasteiger partial charge in [0.05, 0.1) is 25.9 Å². The van der Waals surface area contributed by atoms with Crippen molar-refractivity contribution in [2.24, 2.45) is 0 Å². The number of nitrogen functional groups attached to an aromatic ring is 1. The predicted molar refractivity (Wildman–Crippen MR) is 52.8 cm³/mol. The third-order valence-corrected chi connectivity index (χ3v) is 2.36. The lowest BCUT2D eigenvalue weighted by Gasteiger charge is -2.12. The maximum atomic E-state index is 11.3. The Labute approximate surface area is 87.1 Å². The van der Waals surface area contributed by atoms with E-state index in [0.717, 1.165) is 11.3 Å². The van der Waals surface area contributed by atoms with Gasteiger partial charge in [0.2, 0.25) is 0 Å². The Balaban J connectivity index is 2.31. The molecule has 1 aromatic rings. The van der Waals surface area contributed by atoms with Crippen LogP contribution in [-0.4, -0.2) is 28.1 Å². The third kappa shape index (κ3) is 1.58. The number of carbonyl (C=O) groups is 1. The van der Waals surface area contributed by atoms with Crippen molar-refractivity contribution in [3.05, 3.63) is 17.1 Å². The van der Waals surface area contributed by atoms with Gasteiger partial charge < -0.3 is 10.5 Å². The molecule has 0 aliphatic carbocycles. The first-order valence-corrected chi connectivity index (χ1v) is 4.56. The minimum absolute atomic E-state index is 0.370. The van der Waals surface area contributed by atoms with Crippen molar-refractivity contribution < 1.29 is 9.53 Å². The summed E-state index contributed by atoms with van der Waals surface area (Å²) in [6.07, 6.45) is -0.370. The van der Waals surface area contributed by atoms with E-state index in [4.69, 9.17) is 5.73 Å². The Morgan fingerprint density at radius 2 is 2.20 bits per heavy atom. The van der Waals surface area contributed by atoms with E-state index < -0.39 is 0 Å². The first-order valence-electron chi connectivity index (χ1n) is 4.56. The summed E-state index contributed by atoms with van der Waals surface area (Å²) >= 11 is 0. The quantitative estimate of drug-likeness (QED) is 0.669. The Kier molecular flexibility index (Phi) is 2.18. The van der Waals surface area contributed by atoms with E-state index in [1.54, 1.807) is 6.92 Å². The molecule has 0 fully saturated rings. The van der Waals surface area contributed by atoms with Crippen LogP contribution in [0.15, 0.2) is 0 Å². The van der Waals surface area contributed by atoms with Crippen LogP contribution in [0.5, 0.6) is 0 Å². The monoisotopic (exact) mass is 208 g/mol. The van der Waals surface area contributed by atoms with Gasteiger partial charge in [-0.3, -0.25) is 4.90 Å². The van der Waals surface area contributed by atoms with Gasteiger partial charge in [-0.05, 0) is 6.92 Å². The summed E-state index contributed by atoms with van der Waals surface area (Å²) in [5.41, 5.74) is 7.38. The molecule has 2 N–H and O–H groups in total. The summed E-state index contributed by atoms with van der Waals surface area (Å²) in [5.74, 6) is 1.07. The zero-order valence-corrected chi connectivity index (χ0v) is 8.65. The molecule has 0 aromatic carbocycles. The normalized spacial score (nSPS) is 13.9. The maximum absolute atomic E-state index is 11.3. The zero-order valence-electron chi connectivity index (χ0n) is 8.65. The van der Waals surface area contributed by atoms with Crippen LogP contribution in [0.2, 0.25) is 0 Å². The van der Waals surface area contributed by atoms with Crippen molar-refractivity contribution in [3.63, 3.8) is 0 Å². The molecule has 0 saturated carbocycles. The SMILES string of the molecule is COC(=O)N1Cc2nc(C)nc(N)c2C1. The van der Waals surface area contributed by atoms with E-state index in [1.807, 2.05) is 0 Å². The number of ether oxygens (including phenoxy) is 1. The van der Waals surface area contributed by atoms with Crippen LogP contribution in [-0.2, 0) is 17.8 Å². The van der Waals surface area contributed by atoms with Crippen molar-refractivity contribution in [1.29, 1.82) is 0 Å². The van der Waals surface area contributed by atoms with Crippen LogP contribution in [0.4, 0.5) is 10.6 Å². The third-order valence-electron chi connectivity index (χ3n) is 2.36. The maximum Gasteiger partial charge on any atom is 0.410 e. The van der Waals surface area contributed by atoms with Crippen LogP contribution >= 0.6 is 0 Å². The number of anilines is 1. The number of nitrogens with two attached hydrogens (primary N) is 1. The summed E-state index contributed by atoms with van der Waals surface area (Å²) in [7, 11) is 1.35. The van der Waals surface area contributed by atoms with Crippen molar-refractivity contribution in [2.45, 2.75) is 20.0 Å². The van der Waals surface area contributed by atoms with Gasteiger partial charge in [0.1, 0.15) is 11.6 Å². The number of carbonyl (C=O) groups excluding carboxylic acids is 1. The van der Waals surface area contributed by atoms with Crippen molar-refractivity contribution in [3.8, 4) is 0 Å². The van der Waals surface area contributed by atoms with Gasteiger partial charge in [0.15, 0.2) is 0 Å². The molecule has 1 amide bonds. The van der Waals surface area contributed by atoms with Crippen LogP contribution < -0.4 is 5.73 Å². The number of aryl methyl sites for hydroxylation is 1. The fourth-order valence-electron chi connectivity index (χ4n) is 1.67. The second-order valence-electron chi connectivity index (χ2n) is 3.41. The molecule has 1 aliphatic rings. The minimum Gasteiger partial charge on any atom is -0.453 e. The molecule has 0 radical (unpaired) electrons. The molecule has 0 unspecified atom stereocenters. The van der Waals surface area contributed by atoms with Gasteiger partial charge >= 0.3 is 6.09 Å². The van der Waals surface area contributed by atoms with E-state index in [1.165, 1.54) is 12.0 Å². The summed E-state index contributed by atoms with van der Waals surface area (Å²) in [5, 5.41) is 0. The molecule has 6 nitrogen and oxygen atoms in total. The van der Waals surface area contributed by atoms with Crippen molar-refractivity contribution in [1.82, 2.24) is 14.9 Å². The number of fused-ring (bicyclic) bond motifs is 1. The molecule has 6 heteroatoms. The number of amides is 1. The molecular weight excluding hydrogens is 196 g/mol. The van der Waals surface area contributed by atoms with Crippen LogP contribution in [0, 0.1) is 6.92 Å². The molecule has 80 valence electrons. The highest BCUT2D eigenvalue weighted by Crippen LogP contribution is 2.25. The largest absolute Gasteiger partial charge is 0.453 e. The number of methoxy groups -OCH3 is 1. The van der Waals surface area contributed by atoms with Crippen molar-refractivity contribution in [2.75, 3.05) is 12.8 Å². The molecule has 0 saturated heterocycles. The van der Waals surface area contributed by atoms with E-state index in [-0.39, 0.29) is 6.09 Å². The highest BCUT2D eigenvalue weighted by atomic mass is 16.5. The van der Waals surface area contributed by atoms with Gasteiger partial charge in [-0.15, -0.1) is 0 Å². The summed E-state index contributed by atoms with van der Waals surface area (Å²) < 4.78 is 4.63. The van der Waals surface area contributed by atoms with Gasteiger partial charge in [0, 0.05) is 5.56 Å². The van der Waals surface area contributed by atoms with Gasteiger partial charge in [0.25, 0.3) is 0 Å². The van der Waals surface area contributed by atoms with Crippen LogP contribution in [0.1, 0.15) is 17.1 Å². The first kappa shape index (κ1) is 9.70. The molecule has 0 atom stereocenters. The lowest BCUT2D eigenvalue weighted by molar-refractivity contribution is 0.123. The smallest absolute Gasteiger partial charge is 0.410 e. The van der Waals surface area contributed by atoms with E-state index in [9.17, 15) is 4.79 Å². The zero-order chi connectivity index (χ0) is 11.0. The van der Waals surface area contributed by atoms with Gasteiger partial charge in [-0.25, -0.2) is 14.8 Å². The second kappa shape index (κ2) is 3.38. The number of hydrogen-bond acceptors (Lipinski definition) is 5. The molecule has 2 heterocycles. The molecule has 15 heavy (non-hydrogen) atoms. The topological polar surface area (TPSA) is 81.3 Å².